The highest BCUT2D eigenvalue weighted by Crippen LogP contribution is 2.40. The first-order valence-corrected chi connectivity index (χ1v) is 11.0. The Hall–Kier alpha value is -1.76. The van der Waals surface area contributed by atoms with Crippen LogP contribution in [0.15, 0.2) is 41.8 Å². The highest BCUT2D eigenvalue weighted by atomic mass is 32.1. The molecule has 2 aromatic heterocycles. The van der Waals surface area contributed by atoms with Gasteiger partial charge in [-0.05, 0) is 73.9 Å². The standard InChI is InChI=1S/C21H24N4S2/c1-23(18-9-4-7-15-6-2-3-8-17(15)18)14-24-21(26)25(16-11-12-16)20(22-24)19-10-5-13-27-19/h2-3,5-6,8,10,13,16,18H,4,7,9,11-12,14H2,1H3/t18-/m0/s1. The molecule has 3 aromatic rings. The zero-order chi connectivity index (χ0) is 18.4. The molecule has 2 aliphatic carbocycles. The fourth-order valence-corrected chi connectivity index (χ4v) is 5.28. The molecule has 2 heterocycles. The maximum absolute atomic E-state index is 5.84. The number of aryl methyl sites for hydroxylation is 1. The average molecular weight is 397 g/mol. The Morgan fingerprint density at radius 1 is 1.19 bits per heavy atom. The van der Waals surface area contributed by atoms with Crippen LogP contribution in [0.4, 0.5) is 0 Å². The van der Waals surface area contributed by atoms with Gasteiger partial charge in [-0.1, -0.05) is 30.3 Å². The normalized spacial score (nSPS) is 19.4. The summed E-state index contributed by atoms with van der Waals surface area (Å²) in [5.74, 6) is 1.04. The first kappa shape index (κ1) is 17.3. The molecule has 0 amide bonds. The highest BCUT2D eigenvalue weighted by Gasteiger charge is 2.30. The lowest BCUT2D eigenvalue weighted by Gasteiger charge is -2.33. The van der Waals surface area contributed by atoms with E-state index in [2.05, 4.69) is 58.3 Å². The molecule has 4 nitrogen and oxygen atoms in total. The first-order chi connectivity index (χ1) is 13.2. The maximum Gasteiger partial charge on any atom is 0.199 e. The summed E-state index contributed by atoms with van der Waals surface area (Å²) in [6.07, 6.45) is 6.06. The number of hydrogen-bond acceptors (Lipinski definition) is 4. The average Bonchev–Trinajstić information content (AvgIpc) is 3.27. The molecule has 1 aromatic carbocycles. The van der Waals surface area contributed by atoms with Crippen molar-refractivity contribution in [3.63, 3.8) is 0 Å². The Morgan fingerprint density at radius 3 is 2.81 bits per heavy atom. The van der Waals surface area contributed by atoms with Gasteiger partial charge in [0.05, 0.1) is 11.5 Å². The molecule has 0 radical (unpaired) electrons. The van der Waals surface area contributed by atoms with Crippen molar-refractivity contribution in [2.24, 2.45) is 0 Å². The summed E-state index contributed by atoms with van der Waals surface area (Å²) in [6.45, 7) is 0.732. The lowest BCUT2D eigenvalue weighted by molar-refractivity contribution is 0.165. The number of fused-ring (bicyclic) bond motifs is 1. The van der Waals surface area contributed by atoms with Gasteiger partial charge in [0.2, 0.25) is 0 Å². The van der Waals surface area contributed by atoms with Crippen LogP contribution in [0.25, 0.3) is 10.7 Å². The van der Waals surface area contributed by atoms with Gasteiger partial charge >= 0.3 is 0 Å². The summed E-state index contributed by atoms with van der Waals surface area (Å²) in [5.41, 5.74) is 2.96. The van der Waals surface area contributed by atoms with E-state index in [1.54, 1.807) is 11.3 Å². The number of aromatic nitrogens is 3. The molecule has 140 valence electrons. The van der Waals surface area contributed by atoms with Crippen molar-refractivity contribution < 1.29 is 0 Å². The lowest BCUT2D eigenvalue weighted by atomic mass is 9.87. The molecule has 0 aliphatic heterocycles. The zero-order valence-electron chi connectivity index (χ0n) is 15.5. The van der Waals surface area contributed by atoms with Crippen LogP contribution in [0, 0.1) is 4.77 Å². The van der Waals surface area contributed by atoms with Crippen LogP contribution >= 0.6 is 23.6 Å². The molecule has 0 saturated heterocycles. The summed E-state index contributed by atoms with van der Waals surface area (Å²) in [6, 6.07) is 14.1. The summed E-state index contributed by atoms with van der Waals surface area (Å²) >= 11 is 7.58. The van der Waals surface area contributed by atoms with Gasteiger partial charge in [-0.3, -0.25) is 9.47 Å². The number of benzene rings is 1. The zero-order valence-corrected chi connectivity index (χ0v) is 17.2. The van der Waals surface area contributed by atoms with Crippen LogP contribution in [-0.4, -0.2) is 26.3 Å². The van der Waals surface area contributed by atoms with Crippen LogP contribution in [0.3, 0.4) is 0 Å². The third kappa shape index (κ3) is 3.20. The van der Waals surface area contributed by atoms with Crippen molar-refractivity contribution in [1.82, 2.24) is 19.2 Å². The van der Waals surface area contributed by atoms with Crippen molar-refractivity contribution in [2.45, 2.75) is 50.9 Å². The van der Waals surface area contributed by atoms with Gasteiger partial charge in [0.15, 0.2) is 10.6 Å². The van der Waals surface area contributed by atoms with E-state index >= 15 is 0 Å². The van der Waals surface area contributed by atoms with Gasteiger partial charge in [-0.2, -0.15) is 0 Å². The van der Waals surface area contributed by atoms with E-state index in [4.69, 9.17) is 17.3 Å². The van der Waals surface area contributed by atoms with E-state index in [1.807, 2.05) is 4.68 Å². The minimum atomic E-state index is 0.438. The Morgan fingerprint density at radius 2 is 2.04 bits per heavy atom. The van der Waals surface area contributed by atoms with Crippen LogP contribution in [-0.2, 0) is 13.1 Å². The Labute approximate surface area is 169 Å². The van der Waals surface area contributed by atoms with Gasteiger partial charge in [-0.25, -0.2) is 4.68 Å². The molecule has 1 fully saturated rings. The SMILES string of the molecule is CN(Cn1nc(-c2cccs2)n(C2CC2)c1=S)[C@H]1CCCc2ccccc21. The fraction of sp³-hybridized carbons (Fsp3) is 0.429. The molecular weight excluding hydrogens is 372 g/mol. The predicted molar refractivity (Wildman–Crippen MR) is 113 cm³/mol. The lowest BCUT2D eigenvalue weighted by Crippen LogP contribution is -2.30. The molecule has 0 bridgehead atoms. The van der Waals surface area contributed by atoms with Crippen molar-refractivity contribution in [3.8, 4) is 10.7 Å². The fourth-order valence-electron chi connectivity index (χ4n) is 4.24. The van der Waals surface area contributed by atoms with E-state index in [9.17, 15) is 0 Å². The van der Waals surface area contributed by atoms with Gasteiger partial charge in [-0.15, -0.1) is 16.4 Å². The maximum atomic E-state index is 5.84. The molecule has 1 atom stereocenters. The minimum Gasteiger partial charge on any atom is -0.296 e. The Kier molecular flexibility index (Phi) is 4.50. The van der Waals surface area contributed by atoms with Crippen LogP contribution in [0.2, 0.25) is 0 Å². The minimum absolute atomic E-state index is 0.438. The Bertz CT molecular complexity index is 998. The van der Waals surface area contributed by atoms with Crippen molar-refractivity contribution in [3.05, 3.63) is 57.7 Å². The van der Waals surface area contributed by atoms with E-state index in [0.29, 0.717) is 12.1 Å². The molecule has 27 heavy (non-hydrogen) atoms. The van der Waals surface area contributed by atoms with Crippen molar-refractivity contribution in [1.29, 1.82) is 0 Å². The van der Waals surface area contributed by atoms with Gasteiger partial charge in [0, 0.05) is 12.1 Å². The summed E-state index contributed by atoms with van der Waals surface area (Å²) < 4.78 is 5.17. The van der Waals surface area contributed by atoms with Crippen LogP contribution < -0.4 is 0 Å². The van der Waals surface area contributed by atoms with E-state index in [0.717, 1.165) is 17.3 Å². The summed E-state index contributed by atoms with van der Waals surface area (Å²) in [5, 5.41) is 7.06. The van der Waals surface area contributed by atoms with Crippen molar-refractivity contribution in [2.75, 3.05) is 7.05 Å². The molecular formula is C21H24N4S2. The monoisotopic (exact) mass is 396 g/mol. The van der Waals surface area contributed by atoms with E-state index in [1.165, 1.54) is 48.1 Å². The van der Waals surface area contributed by atoms with E-state index in [-0.39, 0.29) is 0 Å². The second kappa shape index (κ2) is 7.00. The number of nitrogens with zero attached hydrogens (tertiary/aromatic N) is 4. The molecule has 6 heteroatoms. The molecule has 1 saturated carbocycles. The predicted octanol–water partition coefficient (Wildman–Crippen LogP) is 5.44. The smallest absolute Gasteiger partial charge is 0.199 e. The third-order valence-electron chi connectivity index (χ3n) is 5.75. The van der Waals surface area contributed by atoms with Crippen LogP contribution in [0.5, 0.6) is 0 Å². The number of hydrogen-bond donors (Lipinski definition) is 0. The van der Waals surface area contributed by atoms with Gasteiger partial charge in [0.1, 0.15) is 0 Å². The molecule has 2 aliphatic rings. The summed E-state index contributed by atoms with van der Waals surface area (Å²) in [7, 11) is 2.20. The van der Waals surface area contributed by atoms with Gasteiger partial charge < -0.3 is 0 Å². The molecule has 0 spiro atoms. The Balaban J connectivity index is 1.46. The van der Waals surface area contributed by atoms with E-state index < -0.39 is 0 Å². The molecule has 0 N–H and O–H groups in total. The molecule has 5 rings (SSSR count). The van der Waals surface area contributed by atoms with Crippen LogP contribution in [0.1, 0.15) is 48.9 Å². The second-order valence-electron chi connectivity index (χ2n) is 7.69. The quantitative estimate of drug-likeness (QED) is 0.537. The third-order valence-corrected chi connectivity index (χ3v) is 7.02. The first-order valence-electron chi connectivity index (χ1n) is 9.73. The largest absolute Gasteiger partial charge is 0.296 e. The topological polar surface area (TPSA) is 26.0 Å². The molecule has 0 unspecified atom stereocenters. The second-order valence-corrected chi connectivity index (χ2v) is 9.00. The van der Waals surface area contributed by atoms with Gasteiger partial charge in [0.25, 0.3) is 0 Å². The number of thiophene rings is 1. The number of rotatable bonds is 5. The van der Waals surface area contributed by atoms with Crippen molar-refractivity contribution >= 4 is 23.6 Å². The summed E-state index contributed by atoms with van der Waals surface area (Å²) in [4.78, 5) is 3.62. The highest BCUT2D eigenvalue weighted by molar-refractivity contribution is 7.71.